The first kappa shape index (κ1) is 18.4. The number of hydrogen-bond acceptors (Lipinski definition) is 5. The third kappa shape index (κ3) is 3.46. The van der Waals surface area contributed by atoms with Gasteiger partial charge in [-0.3, -0.25) is 14.9 Å². The summed E-state index contributed by atoms with van der Waals surface area (Å²) in [4.78, 5) is 36.4. The summed E-state index contributed by atoms with van der Waals surface area (Å²) in [6.07, 6.45) is 0.589. The maximum Gasteiger partial charge on any atom is 0.335 e. The van der Waals surface area contributed by atoms with Crippen LogP contribution in [0.1, 0.15) is 37.4 Å². The Morgan fingerprint density at radius 1 is 1.19 bits per heavy atom. The van der Waals surface area contributed by atoms with Crippen molar-refractivity contribution >= 4 is 17.6 Å². The van der Waals surface area contributed by atoms with Crippen molar-refractivity contribution in [3.8, 4) is 5.75 Å². The molecule has 0 aliphatic carbocycles. The number of rotatable bonds is 4. The average Bonchev–Trinajstić information content (AvgIpc) is 2.66. The van der Waals surface area contributed by atoms with Crippen LogP contribution in [0.15, 0.2) is 30.3 Å². The summed E-state index contributed by atoms with van der Waals surface area (Å²) in [5, 5.41) is 20.4. The summed E-state index contributed by atoms with van der Waals surface area (Å²) < 4.78 is 5.17. The van der Waals surface area contributed by atoms with Crippen LogP contribution in [-0.4, -0.2) is 40.5 Å². The maximum absolute atomic E-state index is 12.9. The highest BCUT2D eigenvalue weighted by molar-refractivity contribution is 5.96. The fraction of sp³-hybridized carbons (Fsp3) is 0.263. The number of carbonyl (C=O) groups is 2. The molecule has 0 saturated heterocycles. The molecule has 0 spiro atoms. The Balaban J connectivity index is 1.93. The van der Waals surface area contributed by atoms with Crippen LogP contribution in [0.2, 0.25) is 0 Å². The van der Waals surface area contributed by atoms with Gasteiger partial charge in [-0.25, -0.2) is 4.79 Å². The van der Waals surface area contributed by atoms with E-state index in [0.717, 1.165) is 11.1 Å². The van der Waals surface area contributed by atoms with E-state index in [4.69, 9.17) is 9.84 Å². The molecule has 0 unspecified atom stereocenters. The Kier molecular flexibility index (Phi) is 4.81. The van der Waals surface area contributed by atoms with Crippen LogP contribution >= 0.6 is 0 Å². The number of fused-ring (bicyclic) bond motifs is 1. The first-order valence-electron chi connectivity index (χ1n) is 8.29. The fourth-order valence-electron chi connectivity index (χ4n) is 3.24. The minimum Gasteiger partial charge on any atom is -0.496 e. The van der Waals surface area contributed by atoms with Crippen LogP contribution in [0.3, 0.4) is 0 Å². The second kappa shape index (κ2) is 7.06. The average molecular weight is 370 g/mol. The summed E-state index contributed by atoms with van der Waals surface area (Å²) in [5.41, 5.74) is 2.27. The number of carbonyl (C=O) groups excluding carboxylic acids is 1. The highest BCUT2D eigenvalue weighted by Gasteiger charge is 2.26. The molecule has 1 N–H and O–H groups in total. The molecule has 0 atom stereocenters. The number of amides is 1. The van der Waals surface area contributed by atoms with Crippen LogP contribution < -0.4 is 4.74 Å². The second-order valence-corrected chi connectivity index (χ2v) is 6.35. The van der Waals surface area contributed by atoms with Gasteiger partial charge in [0.15, 0.2) is 0 Å². The lowest BCUT2D eigenvalue weighted by atomic mass is 9.96. The molecule has 0 saturated carbocycles. The van der Waals surface area contributed by atoms with E-state index in [2.05, 4.69) is 0 Å². The largest absolute Gasteiger partial charge is 0.496 e. The summed E-state index contributed by atoms with van der Waals surface area (Å²) in [5.74, 6) is -1.11. The molecule has 140 valence electrons. The third-order valence-corrected chi connectivity index (χ3v) is 4.75. The van der Waals surface area contributed by atoms with Crippen LogP contribution in [-0.2, 0) is 13.0 Å². The smallest absolute Gasteiger partial charge is 0.335 e. The number of nitro benzene ring substituents is 1. The molecule has 2 aromatic rings. The Hall–Kier alpha value is -3.42. The van der Waals surface area contributed by atoms with Gasteiger partial charge in [0.25, 0.3) is 11.6 Å². The van der Waals surface area contributed by atoms with Crippen LogP contribution in [0.5, 0.6) is 5.75 Å². The lowest BCUT2D eigenvalue weighted by molar-refractivity contribution is -0.385. The summed E-state index contributed by atoms with van der Waals surface area (Å²) in [6, 6.07) is 7.62. The van der Waals surface area contributed by atoms with E-state index in [9.17, 15) is 19.7 Å². The highest BCUT2D eigenvalue weighted by Crippen LogP contribution is 2.31. The summed E-state index contributed by atoms with van der Waals surface area (Å²) in [6.45, 7) is 2.26. The van der Waals surface area contributed by atoms with Crippen molar-refractivity contribution in [1.82, 2.24) is 4.90 Å². The molecule has 3 rings (SSSR count). The Labute approximate surface area is 155 Å². The van der Waals surface area contributed by atoms with Crippen molar-refractivity contribution in [3.63, 3.8) is 0 Å². The minimum atomic E-state index is -1.03. The molecule has 0 fully saturated rings. The first-order chi connectivity index (χ1) is 12.8. The van der Waals surface area contributed by atoms with Crippen molar-refractivity contribution in [2.24, 2.45) is 0 Å². The van der Waals surface area contributed by atoms with Gasteiger partial charge < -0.3 is 14.7 Å². The molecule has 0 radical (unpaired) electrons. The zero-order chi connectivity index (χ0) is 19.7. The lowest BCUT2D eigenvalue weighted by Crippen LogP contribution is -2.36. The van der Waals surface area contributed by atoms with Gasteiger partial charge in [0, 0.05) is 19.2 Å². The SMILES string of the molecule is COc1cc(C(=O)N2CCc3ccc(C(=O)O)cc3C2)cc([N+](=O)[O-])c1C. The third-order valence-electron chi connectivity index (χ3n) is 4.75. The van der Waals surface area contributed by atoms with E-state index in [1.807, 2.05) is 0 Å². The van der Waals surface area contributed by atoms with Gasteiger partial charge >= 0.3 is 5.97 Å². The standard InChI is InChI=1S/C19H18N2O6/c1-11-16(21(25)26)8-14(9-17(11)27-2)18(22)20-6-5-12-3-4-13(19(23)24)7-15(12)10-20/h3-4,7-9H,5-6,10H2,1-2H3,(H,23,24). The molecule has 8 heteroatoms. The summed E-state index contributed by atoms with van der Waals surface area (Å²) >= 11 is 0. The molecular formula is C19H18N2O6. The zero-order valence-corrected chi connectivity index (χ0v) is 14.9. The van der Waals surface area contributed by atoms with E-state index in [1.54, 1.807) is 30.0 Å². The maximum atomic E-state index is 12.9. The van der Waals surface area contributed by atoms with Crippen molar-refractivity contribution in [2.75, 3.05) is 13.7 Å². The quantitative estimate of drug-likeness (QED) is 0.654. The van der Waals surface area contributed by atoms with E-state index >= 15 is 0 Å². The van der Waals surface area contributed by atoms with Gasteiger partial charge in [-0.05, 0) is 42.7 Å². The van der Waals surface area contributed by atoms with E-state index in [-0.39, 0.29) is 35.0 Å². The van der Waals surface area contributed by atoms with E-state index in [0.29, 0.717) is 18.5 Å². The minimum absolute atomic E-state index is 0.163. The molecule has 1 heterocycles. The number of ether oxygens (including phenoxy) is 1. The predicted molar refractivity (Wildman–Crippen MR) is 96.2 cm³/mol. The molecular weight excluding hydrogens is 352 g/mol. The molecule has 0 bridgehead atoms. The van der Waals surface area contributed by atoms with Crippen molar-refractivity contribution in [2.45, 2.75) is 19.9 Å². The number of methoxy groups -OCH3 is 1. The summed E-state index contributed by atoms with van der Waals surface area (Å²) in [7, 11) is 1.39. The molecule has 1 aliphatic rings. The van der Waals surface area contributed by atoms with Gasteiger partial charge in [-0.15, -0.1) is 0 Å². The number of benzene rings is 2. The van der Waals surface area contributed by atoms with Gasteiger partial charge in [0.05, 0.1) is 28.7 Å². The number of hydrogen-bond donors (Lipinski definition) is 1. The van der Waals surface area contributed by atoms with Gasteiger partial charge in [0.2, 0.25) is 0 Å². The number of nitro groups is 1. The van der Waals surface area contributed by atoms with Crippen LogP contribution in [0.4, 0.5) is 5.69 Å². The van der Waals surface area contributed by atoms with Gasteiger partial charge in [-0.1, -0.05) is 6.07 Å². The molecule has 1 amide bonds. The van der Waals surface area contributed by atoms with E-state index in [1.165, 1.54) is 19.2 Å². The topological polar surface area (TPSA) is 110 Å². The highest BCUT2D eigenvalue weighted by atomic mass is 16.6. The Morgan fingerprint density at radius 3 is 2.56 bits per heavy atom. The van der Waals surface area contributed by atoms with Gasteiger partial charge in [0.1, 0.15) is 5.75 Å². The molecule has 0 aromatic heterocycles. The van der Waals surface area contributed by atoms with Crippen LogP contribution in [0.25, 0.3) is 0 Å². The number of carboxylic acid groups (broad SMARTS) is 1. The Bertz CT molecular complexity index is 953. The van der Waals surface area contributed by atoms with Crippen molar-refractivity contribution in [3.05, 3.63) is 68.3 Å². The fourth-order valence-corrected chi connectivity index (χ4v) is 3.24. The number of aromatic carboxylic acids is 1. The molecule has 1 aliphatic heterocycles. The van der Waals surface area contributed by atoms with Gasteiger partial charge in [-0.2, -0.15) is 0 Å². The first-order valence-corrected chi connectivity index (χ1v) is 8.29. The number of nitrogens with zero attached hydrogens (tertiary/aromatic N) is 2. The molecule has 27 heavy (non-hydrogen) atoms. The monoisotopic (exact) mass is 370 g/mol. The Morgan fingerprint density at radius 2 is 1.93 bits per heavy atom. The normalized spacial score (nSPS) is 13.0. The molecule has 2 aromatic carbocycles. The number of carboxylic acids is 1. The van der Waals surface area contributed by atoms with Crippen molar-refractivity contribution in [1.29, 1.82) is 0 Å². The molecule has 8 nitrogen and oxygen atoms in total. The second-order valence-electron chi connectivity index (χ2n) is 6.35. The van der Waals surface area contributed by atoms with E-state index < -0.39 is 10.9 Å². The van der Waals surface area contributed by atoms with Crippen LogP contribution in [0, 0.1) is 17.0 Å². The lowest BCUT2D eigenvalue weighted by Gasteiger charge is -2.29. The van der Waals surface area contributed by atoms with Crippen molar-refractivity contribution < 1.29 is 24.4 Å². The zero-order valence-electron chi connectivity index (χ0n) is 14.9. The predicted octanol–water partition coefficient (Wildman–Crippen LogP) is 2.81.